The van der Waals surface area contributed by atoms with Crippen molar-refractivity contribution in [3.63, 3.8) is 0 Å². The van der Waals surface area contributed by atoms with Crippen LogP contribution in [0.4, 0.5) is 0 Å². The Morgan fingerprint density at radius 2 is 2.43 bits per heavy atom. The Morgan fingerprint density at radius 1 is 1.57 bits per heavy atom. The lowest BCUT2D eigenvalue weighted by atomic mass is 9.73. The maximum absolute atomic E-state index is 5.72. The van der Waals surface area contributed by atoms with E-state index in [1.165, 1.54) is 25.1 Å². The van der Waals surface area contributed by atoms with Crippen LogP contribution in [0, 0.1) is 5.92 Å². The molecule has 2 atom stereocenters. The molecule has 1 aliphatic carbocycles. The predicted octanol–water partition coefficient (Wildman–Crippen LogP) is 1.75. The number of hydrogen-bond donors (Lipinski definition) is 1. The van der Waals surface area contributed by atoms with Gasteiger partial charge in [-0.25, -0.2) is 4.98 Å². The number of aryl methyl sites for hydroxylation is 1. The molecule has 1 aromatic heterocycles. The first-order chi connectivity index (χ1) is 6.86. The number of imidazole rings is 1. The van der Waals surface area contributed by atoms with Gasteiger partial charge < -0.3 is 10.3 Å². The van der Waals surface area contributed by atoms with Crippen LogP contribution in [-0.2, 0) is 6.54 Å². The lowest BCUT2D eigenvalue weighted by Crippen LogP contribution is -2.32. The molecule has 0 amide bonds. The third kappa shape index (κ3) is 1.57. The molecule has 3 heteroatoms. The van der Waals surface area contributed by atoms with Crippen LogP contribution in [0.15, 0.2) is 12.4 Å². The molecule has 78 valence electrons. The maximum Gasteiger partial charge on any atom is 0.112 e. The van der Waals surface area contributed by atoms with E-state index >= 15 is 0 Å². The van der Waals surface area contributed by atoms with Gasteiger partial charge in [-0.3, -0.25) is 0 Å². The molecule has 1 heterocycles. The van der Waals surface area contributed by atoms with E-state index in [0.717, 1.165) is 13.1 Å². The molecule has 0 aromatic carbocycles. The lowest BCUT2D eigenvalue weighted by Gasteiger charge is -2.35. The Bertz CT molecular complexity index is 290. The standard InChI is InChI=1S/C11H19N3/c1-2-6-14-7-5-13-11(14)10-4-3-9(10)8-12/h5,7,9-10H,2-4,6,8,12H2,1H3. The van der Waals surface area contributed by atoms with E-state index in [9.17, 15) is 0 Å². The van der Waals surface area contributed by atoms with Crippen LogP contribution >= 0.6 is 0 Å². The molecule has 0 radical (unpaired) electrons. The zero-order chi connectivity index (χ0) is 9.97. The fourth-order valence-corrected chi connectivity index (χ4v) is 2.27. The van der Waals surface area contributed by atoms with E-state index in [0.29, 0.717) is 11.8 Å². The summed E-state index contributed by atoms with van der Waals surface area (Å²) in [6.45, 7) is 4.09. The zero-order valence-corrected chi connectivity index (χ0v) is 8.82. The molecule has 1 aromatic rings. The second kappa shape index (κ2) is 4.13. The third-order valence-electron chi connectivity index (χ3n) is 3.26. The lowest BCUT2D eigenvalue weighted by molar-refractivity contribution is 0.246. The van der Waals surface area contributed by atoms with E-state index in [4.69, 9.17) is 5.73 Å². The minimum Gasteiger partial charge on any atom is -0.335 e. The monoisotopic (exact) mass is 193 g/mol. The van der Waals surface area contributed by atoms with Crippen molar-refractivity contribution in [2.75, 3.05) is 6.54 Å². The summed E-state index contributed by atoms with van der Waals surface area (Å²) in [5, 5.41) is 0. The molecule has 2 rings (SSSR count). The zero-order valence-electron chi connectivity index (χ0n) is 8.82. The van der Waals surface area contributed by atoms with Gasteiger partial charge >= 0.3 is 0 Å². The van der Waals surface area contributed by atoms with Gasteiger partial charge in [-0.1, -0.05) is 6.92 Å². The third-order valence-corrected chi connectivity index (χ3v) is 3.26. The first-order valence-electron chi connectivity index (χ1n) is 5.58. The molecule has 2 unspecified atom stereocenters. The molecule has 2 N–H and O–H groups in total. The Hall–Kier alpha value is -0.830. The van der Waals surface area contributed by atoms with Crippen LogP contribution in [0.2, 0.25) is 0 Å². The number of nitrogens with two attached hydrogens (primary N) is 1. The minimum atomic E-state index is 0.626. The van der Waals surface area contributed by atoms with Crippen LogP contribution in [0.5, 0.6) is 0 Å². The van der Waals surface area contributed by atoms with Gasteiger partial charge in [-0.05, 0) is 31.7 Å². The second-order valence-corrected chi connectivity index (χ2v) is 4.16. The highest BCUT2D eigenvalue weighted by molar-refractivity contribution is 5.07. The van der Waals surface area contributed by atoms with E-state index in [2.05, 4.69) is 22.7 Å². The van der Waals surface area contributed by atoms with Crippen LogP contribution in [0.1, 0.15) is 37.9 Å². The summed E-state index contributed by atoms with van der Waals surface area (Å²) in [6.07, 6.45) is 7.72. The summed E-state index contributed by atoms with van der Waals surface area (Å²) >= 11 is 0. The van der Waals surface area contributed by atoms with Gasteiger partial charge in [-0.15, -0.1) is 0 Å². The van der Waals surface area contributed by atoms with E-state index in [-0.39, 0.29) is 0 Å². The first-order valence-corrected chi connectivity index (χ1v) is 5.58. The van der Waals surface area contributed by atoms with Gasteiger partial charge in [-0.2, -0.15) is 0 Å². The average Bonchev–Trinajstić information content (AvgIpc) is 2.53. The highest BCUT2D eigenvalue weighted by atomic mass is 15.1. The molecule has 0 bridgehead atoms. The summed E-state index contributed by atoms with van der Waals surface area (Å²) in [4.78, 5) is 4.46. The smallest absolute Gasteiger partial charge is 0.112 e. The summed E-state index contributed by atoms with van der Waals surface area (Å²) in [5.41, 5.74) is 5.72. The Labute approximate surface area is 85.3 Å². The fourth-order valence-electron chi connectivity index (χ4n) is 2.27. The van der Waals surface area contributed by atoms with Crippen molar-refractivity contribution >= 4 is 0 Å². The van der Waals surface area contributed by atoms with Gasteiger partial charge in [0, 0.05) is 24.9 Å². The van der Waals surface area contributed by atoms with Gasteiger partial charge in [0.2, 0.25) is 0 Å². The SMILES string of the molecule is CCCn1ccnc1C1CCC1CN. The Morgan fingerprint density at radius 3 is 3.00 bits per heavy atom. The van der Waals surface area contributed by atoms with Crippen molar-refractivity contribution in [1.82, 2.24) is 9.55 Å². The van der Waals surface area contributed by atoms with Gasteiger partial charge in [0.1, 0.15) is 5.82 Å². The number of rotatable bonds is 4. The summed E-state index contributed by atoms with van der Waals surface area (Å²) in [6, 6.07) is 0. The number of aromatic nitrogens is 2. The molecule has 0 aliphatic heterocycles. The van der Waals surface area contributed by atoms with Crippen molar-refractivity contribution in [1.29, 1.82) is 0 Å². The van der Waals surface area contributed by atoms with Crippen LogP contribution < -0.4 is 5.73 Å². The fraction of sp³-hybridized carbons (Fsp3) is 0.727. The van der Waals surface area contributed by atoms with Crippen molar-refractivity contribution < 1.29 is 0 Å². The molecule has 14 heavy (non-hydrogen) atoms. The molecule has 1 aliphatic rings. The quantitative estimate of drug-likeness (QED) is 0.791. The average molecular weight is 193 g/mol. The molecule has 1 saturated carbocycles. The molecular weight excluding hydrogens is 174 g/mol. The maximum atomic E-state index is 5.72. The van der Waals surface area contributed by atoms with Gasteiger partial charge in [0.15, 0.2) is 0 Å². The molecule has 0 saturated heterocycles. The van der Waals surface area contributed by atoms with E-state index < -0.39 is 0 Å². The molecule has 1 fully saturated rings. The summed E-state index contributed by atoms with van der Waals surface area (Å²) in [7, 11) is 0. The number of hydrogen-bond acceptors (Lipinski definition) is 2. The highest BCUT2D eigenvalue weighted by Crippen LogP contribution is 2.40. The Balaban J connectivity index is 2.11. The minimum absolute atomic E-state index is 0.626. The van der Waals surface area contributed by atoms with E-state index in [1.807, 2.05) is 6.20 Å². The van der Waals surface area contributed by atoms with Crippen LogP contribution in [-0.4, -0.2) is 16.1 Å². The Kier molecular flexibility index (Phi) is 2.87. The van der Waals surface area contributed by atoms with Gasteiger partial charge in [0.05, 0.1) is 0 Å². The van der Waals surface area contributed by atoms with Crippen molar-refractivity contribution in [2.24, 2.45) is 11.7 Å². The molecular formula is C11H19N3. The normalized spacial score (nSPS) is 26.1. The molecule has 0 spiro atoms. The summed E-state index contributed by atoms with van der Waals surface area (Å²) in [5.74, 6) is 2.56. The second-order valence-electron chi connectivity index (χ2n) is 4.16. The van der Waals surface area contributed by atoms with Gasteiger partial charge in [0.25, 0.3) is 0 Å². The molecule has 3 nitrogen and oxygen atoms in total. The summed E-state index contributed by atoms with van der Waals surface area (Å²) < 4.78 is 2.28. The van der Waals surface area contributed by atoms with Crippen molar-refractivity contribution in [3.8, 4) is 0 Å². The van der Waals surface area contributed by atoms with E-state index in [1.54, 1.807) is 0 Å². The largest absolute Gasteiger partial charge is 0.335 e. The van der Waals surface area contributed by atoms with Crippen LogP contribution in [0.3, 0.4) is 0 Å². The first kappa shape index (κ1) is 9.71. The van der Waals surface area contributed by atoms with Crippen molar-refractivity contribution in [2.45, 2.75) is 38.6 Å². The van der Waals surface area contributed by atoms with Crippen molar-refractivity contribution in [3.05, 3.63) is 18.2 Å². The predicted molar refractivity (Wildman–Crippen MR) is 57.0 cm³/mol. The topological polar surface area (TPSA) is 43.8 Å². The highest BCUT2D eigenvalue weighted by Gasteiger charge is 2.33. The number of nitrogens with zero attached hydrogens (tertiary/aromatic N) is 2. The van der Waals surface area contributed by atoms with Crippen LogP contribution in [0.25, 0.3) is 0 Å².